The minimum atomic E-state index is -0.573. The van der Waals surface area contributed by atoms with Crippen molar-refractivity contribution < 1.29 is 14.3 Å². The minimum Gasteiger partial charge on any atom is -0.490 e. The third-order valence-corrected chi connectivity index (χ3v) is 3.60. The summed E-state index contributed by atoms with van der Waals surface area (Å²) in [5.41, 5.74) is 0.699. The molecular weight excluding hydrogens is 254 g/mol. The second kappa shape index (κ2) is 4.93. The van der Waals surface area contributed by atoms with Crippen LogP contribution in [0.5, 0.6) is 5.75 Å². The number of ether oxygens (including phenoxy) is 1. The van der Waals surface area contributed by atoms with Gasteiger partial charge < -0.3 is 9.64 Å². The summed E-state index contributed by atoms with van der Waals surface area (Å²) in [5.74, 6) is 0.631. The molecule has 20 heavy (non-hydrogen) atoms. The van der Waals surface area contributed by atoms with Crippen molar-refractivity contribution in [2.45, 2.75) is 27.7 Å². The molecule has 2 rings (SSSR count). The van der Waals surface area contributed by atoms with Crippen molar-refractivity contribution in [2.75, 3.05) is 18.6 Å². The molecule has 1 heterocycles. The molecular formula is C16H21NO3. The average Bonchev–Trinajstić information content (AvgIpc) is 2.49. The van der Waals surface area contributed by atoms with E-state index in [9.17, 15) is 9.59 Å². The maximum absolute atomic E-state index is 12.4. The Hall–Kier alpha value is -1.84. The van der Waals surface area contributed by atoms with E-state index >= 15 is 0 Å². The lowest BCUT2D eigenvalue weighted by Gasteiger charge is -2.24. The Bertz CT molecular complexity index is 561. The number of fused-ring (bicyclic) bond motifs is 1. The van der Waals surface area contributed by atoms with E-state index in [2.05, 4.69) is 0 Å². The first-order valence-corrected chi connectivity index (χ1v) is 6.83. The topological polar surface area (TPSA) is 46.6 Å². The zero-order chi connectivity index (χ0) is 15.1. The van der Waals surface area contributed by atoms with Crippen LogP contribution >= 0.6 is 0 Å². The highest BCUT2D eigenvalue weighted by molar-refractivity contribution is 6.02. The summed E-state index contributed by atoms with van der Waals surface area (Å²) in [6.45, 7) is 7.78. The van der Waals surface area contributed by atoms with Gasteiger partial charge in [0.1, 0.15) is 12.4 Å². The molecule has 0 N–H and O–H groups in total. The van der Waals surface area contributed by atoms with Crippen molar-refractivity contribution in [1.82, 2.24) is 0 Å². The molecule has 0 spiro atoms. The maximum Gasteiger partial charge on any atom is 0.235 e. The number of ketones is 1. The largest absolute Gasteiger partial charge is 0.490 e. The molecule has 1 amide bonds. The predicted octanol–water partition coefficient (Wildman–Crippen LogP) is 2.91. The SMILES string of the molecule is CC(C)C(=O)c1ccc2c(c1)N(C)C(=O)C(C)(C)CO2. The molecule has 0 aliphatic carbocycles. The van der Waals surface area contributed by atoms with E-state index in [1.54, 1.807) is 30.1 Å². The van der Waals surface area contributed by atoms with Crippen molar-refractivity contribution in [1.29, 1.82) is 0 Å². The zero-order valence-electron chi connectivity index (χ0n) is 12.7. The van der Waals surface area contributed by atoms with Crippen molar-refractivity contribution in [3.63, 3.8) is 0 Å². The molecule has 1 aliphatic heterocycles. The van der Waals surface area contributed by atoms with Crippen LogP contribution in [0.25, 0.3) is 0 Å². The molecule has 1 aromatic carbocycles. The van der Waals surface area contributed by atoms with E-state index in [4.69, 9.17) is 4.74 Å². The van der Waals surface area contributed by atoms with Gasteiger partial charge in [-0.3, -0.25) is 9.59 Å². The third kappa shape index (κ3) is 2.42. The molecule has 0 radical (unpaired) electrons. The average molecular weight is 275 g/mol. The van der Waals surface area contributed by atoms with Crippen LogP contribution in [-0.4, -0.2) is 25.3 Å². The molecule has 0 saturated carbocycles. The van der Waals surface area contributed by atoms with Gasteiger partial charge in [-0.1, -0.05) is 13.8 Å². The highest BCUT2D eigenvalue weighted by Crippen LogP contribution is 2.36. The summed E-state index contributed by atoms with van der Waals surface area (Å²) >= 11 is 0. The molecule has 108 valence electrons. The maximum atomic E-state index is 12.4. The number of carbonyl (C=O) groups is 2. The smallest absolute Gasteiger partial charge is 0.235 e. The zero-order valence-corrected chi connectivity index (χ0v) is 12.7. The lowest BCUT2D eigenvalue weighted by atomic mass is 9.93. The molecule has 0 saturated heterocycles. The Balaban J connectivity index is 2.47. The normalized spacial score (nSPS) is 17.5. The highest BCUT2D eigenvalue weighted by atomic mass is 16.5. The first-order valence-electron chi connectivity index (χ1n) is 6.83. The van der Waals surface area contributed by atoms with Gasteiger partial charge in [0.15, 0.2) is 5.78 Å². The van der Waals surface area contributed by atoms with E-state index in [0.29, 0.717) is 23.6 Å². The Labute approximate surface area is 119 Å². The van der Waals surface area contributed by atoms with Gasteiger partial charge >= 0.3 is 0 Å². The van der Waals surface area contributed by atoms with Crippen LogP contribution in [0, 0.1) is 11.3 Å². The fourth-order valence-corrected chi connectivity index (χ4v) is 2.27. The van der Waals surface area contributed by atoms with E-state index in [0.717, 1.165) is 0 Å². The first-order chi connectivity index (χ1) is 9.24. The number of hydrogen-bond acceptors (Lipinski definition) is 3. The van der Waals surface area contributed by atoms with E-state index in [1.807, 2.05) is 27.7 Å². The van der Waals surface area contributed by atoms with Gasteiger partial charge in [-0.2, -0.15) is 0 Å². The van der Waals surface area contributed by atoms with Crippen LogP contribution in [0.1, 0.15) is 38.1 Å². The number of anilines is 1. The second-order valence-corrected chi connectivity index (χ2v) is 6.24. The van der Waals surface area contributed by atoms with Crippen molar-refractivity contribution in [3.05, 3.63) is 23.8 Å². The molecule has 1 aliphatic rings. The Kier molecular flexibility index (Phi) is 3.59. The molecule has 0 fully saturated rings. The summed E-state index contributed by atoms with van der Waals surface area (Å²) in [5, 5.41) is 0. The van der Waals surface area contributed by atoms with Gasteiger partial charge in [0.2, 0.25) is 5.91 Å². The minimum absolute atomic E-state index is 0.00889. The monoisotopic (exact) mass is 275 g/mol. The van der Waals surface area contributed by atoms with Gasteiger partial charge in [-0.25, -0.2) is 0 Å². The Morgan fingerprint density at radius 2 is 2.00 bits per heavy atom. The predicted molar refractivity (Wildman–Crippen MR) is 78.3 cm³/mol. The van der Waals surface area contributed by atoms with Crippen molar-refractivity contribution in [3.8, 4) is 5.75 Å². The highest BCUT2D eigenvalue weighted by Gasteiger charge is 2.36. The number of hydrogen-bond donors (Lipinski definition) is 0. The number of amides is 1. The van der Waals surface area contributed by atoms with Gasteiger partial charge in [0.25, 0.3) is 0 Å². The van der Waals surface area contributed by atoms with Crippen LogP contribution < -0.4 is 9.64 Å². The Morgan fingerprint density at radius 3 is 2.60 bits per heavy atom. The first kappa shape index (κ1) is 14.6. The van der Waals surface area contributed by atoms with Gasteiger partial charge in [-0.05, 0) is 32.0 Å². The summed E-state index contributed by atoms with van der Waals surface area (Å²) in [6, 6.07) is 5.28. The Morgan fingerprint density at radius 1 is 1.35 bits per heavy atom. The fraction of sp³-hybridized carbons (Fsp3) is 0.500. The summed E-state index contributed by atoms with van der Waals surface area (Å²) in [7, 11) is 1.72. The standard InChI is InChI=1S/C16H21NO3/c1-10(2)14(18)11-6-7-13-12(8-11)17(5)15(19)16(3,4)9-20-13/h6-8,10H,9H2,1-5H3. The number of benzene rings is 1. The van der Waals surface area contributed by atoms with Crippen LogP contribution in [-0.2, 0) is 4.79 Å². The molecule has 1 aromatic rings. The van der Waals surface area contributed by atoms with E-state index < -0.39 is 5.41 Å². The van der Waals surface area contributed by atoms with Crippen LogP contribution in [0.4, 0.5) is 5.69 Å². The number of Topliss-reactive ketones (excluding diaryl/α,β-unsaturated/α-hetero) is 1. The summed E-state index contributed by atoms with van der Waals surface area (Å²) in [4.78, 5) is 26.1. The lowest BCUT2D eigenvalue weighted by molar-refractivity contribution is -0.127. The third-order valence-electron chi connectivity index (χ3n) is 3.60. The fourth-order valence-electron chi connectivity index (χ4n) is 2.27. The number of nitrogens with zero attached hydrogens (tertiary/aromatic N) is 1. The van der Waals surface area contributed by atoms with Gasteiger partial charge in [0, 0.05) is 18.5 Å². The number of carbonyl (C=O) groups excluding carboxylic acids is 2. The molecule has 4 nitrogen and oxygen atoms in total. The van der Waals surface area contributed by atoms with Gasteiger partial charge in [-0.15, -0.1) is 0 Å². The van der Waals surface area contributed by atoms with Gasteiger partial charge in [0.05, 0.1) is 11.1 Å². The van der Waals surface area contributed by atoms with E-state index in [-0.39, 0.29) is 17.6 Å². The van der Waals surface area contributed by atoms with Crippen molar-refractivity contribution in [2.24, 2.45) is 11.3 Å². The molecule has 0 atom stereocenters. The van der Waals surface area contributed by atoms with Crippen molar-refractivity contribution >= 4 is 17.4 Å². The molecule has 0 unspecified atom stereocenters. The summed E-state index contributed by atoms with van der Waals surface area (Å²) in [6.07, 6.45) is 0. The second-order valence-electron chi connectivity index (χ2n) is 6.24. The number of rotatable bonds is 2. The molecule has 0 bridgehead atoms. The van der Waals surface area contributed by atoms with E-state index in [1.165, 1.54) is 0 Å². The molecule has 0 aromatic heterocycles. The van der Waals surface area contributed by atoms with Crippen LogP contribution in [0.3, 0.4) is 0 Å². The van der Waals surface area contributed by atoms with Crippen LogP contribution in [0.15, 0.2) is 18.2 Å². The lowest BCUT2D eigenvalue weighted by Crippen LogP contribution is -2.39. The van der Waals surface area contributed by atoms with Crippen LogP contribution in [0.2, 0.25) is 0 Å². The molecule has 4 heteroatoms. The quantitative estimate of drug-likeness (QED) is 0.780. The summed E-state index contributed by atoms with van der Waals surface area (Å²) < 4.78 is 5.73.